The third-order valence-electron chi connectivity index (χ3n) is 4.46. The standard InChI is InChI=1S/C18H19F2N3O3S/c1-2-23(13-7-9-27(25,26)11-13)18(24)16-10-12(6-8-21-16)22-17-14(19)4-3-5-15(17)20/h3-6,8,10,13H,2,7,9,11H2,1H3,(H,21,22). The quantitative estimate of drug-likeness (QED) is 0.842. The van der Waals surface area contributed by atoms with Crippen LogP contribution in [-0.4, -0.2) is 48.3 Å². The van der Waals surface area contributed by atoms with Crippen molar-refractivity contribution in [1.29, 1.82) is 0 Å². The van der Waals surface area contributed by atoms with Gasteiger partial charge in [-0.25, -0.2) is 17.2 Å². The largest absolute Gasteiger partial charge is 0.351 e. The van der Waals surface area contributed by atoms with E-state index >= 15 is 0 Å². The number of nitrogens with one attached hydrogen (secondary N) is 1. The van der Waals surface area contributed by atoms with Crippen molar-refractivity contribution in [3.8, 4) is 0 Å². The number of nitrogens with zero attached hydrogens (tertiary/aromatic N) is 2. The second kappa shape index (κ2) is 7.59. The molecule has 0 spiro atoms. The third kappa shape index (κ3) is 4.24. The third-order valence-corrected chi connectivity index (χ3v) is 6.21. The van der Waals surface area contributed by atoms with Crippen LogP contribution in [0.15, 0.2) is 36.5 Å². The van der Waals surface area contributed by atoms with Crippen molar-refractivity contribution in [3.63, 3.8) is 0 Å². The molecule has 0 bridgehead atoms. The Morgan fingerprint density at radius 1 is 1.30 bits per heavy atom. The molecule has 1 aliphatic heterocycles. The van der Waals surface area contributed by atoms with Crippen molar-refractivity contribution < 1.29 is 22.0 Å². The van der Waals surface area contributed by atoms with Crippen LogP contribution in [0.1, 0.15) is 23.8 Å². The Morgan fingerprint density at radius 3 is 2.59 bits per heavy atom. The molecule has 1 aromatic heterocycles. The van der Waals surface area contributed by atoms with E-state index in [1.54, 1.807) is 6.92 Å². The Labute approximate surface area is 156 Å². The number of hydrogen-bond acceptors (Lipinski definition) is 5. The van der Waals surface area contributed by atoms with E-state index in [4.69, 9.17) is 0 Å². The number of benzene rings is 1. The van der Waals surface area contributed by atoms with Crippen molar-refractivity contribution in [2.24, 2.45) is 0 Å². The van der Waals surface area contributed by atoms with Crippen molar-refractivity contribution in [3.05, 3.63) is 53.9 Å². The van der Waals surface area contributed by atoms with Gasteiger partial charge in [0.1, 0.15) is 23.0 Å². The monoisotopic (exact) mass is 395 g/mol. The summed E-state index contributed by atoms with van der Waals surface area (Å²) in [4.78, 5) is 18.3. The number of carbonyl (C=O) groups excluding carboxylic acids is 1. The summed E-state index contributed by atoms with van der Waals surface area (Å²) in [7, 11) is -3.13. The highest BCUT2D eigenvalue weighted by atomic mass is 32.2. The van der Waals surface area contributed by atoms with Gasteiger partial charge in [-0.15, -0.1) is 0 Å². The fourth-order valence-electron chi connectivity index (χ4n) is 3.12. The summed E-state index contributed by atoms with van der Waals surface area (Å²) in [6.45, 7) is 2.10. The molecule has 0 radical (unpaired) electrons. The number of anilines is 2. The van der Waals surface area contributed by atoms with Crippen molar-refractivity contribution in [2.45, 2.75) is 19.4 Å². The number of hydrogen-bond donors (Lipinski definition) is 1. The second-order valence-electron chi connectivity index (χ2n) is 6.30. The van der Waals surface area contributed by atoms with Crippen LogP contribution in [0.25, 0.3) is 0 Å². The number of pyridine rings is 1. The fourth-order valence-corrected chi connectivity index (χ4v) is 4.85. The Hall–Kier alpha value is -2.55. The highest BCUT2D eigenvalue weighted by Crippen LogP contribution is 2.24. The molecule has 1 fully saturated rings. The zero-order valence-corrected chi connectivity index (χ0v) is 15.5. The average Bonchev–Trinajstić information content (AvgIpc) is 2.99. The number of aromatic nitrogens is 1. The molecule has 3 rings (SSSR count). The van der Waals surface area contributed by atoms with Gasteiger partial charge in [-0.05, 0) is 37.6 Å². The van der Waals surface area contributed by atoms with Crippen LogP contribution in [0.3, 0.4) is 0 Å². The number of sulfone groups is 1. The number of amides is 1. The molecule has 9 heteroatoms. The minimum atomic E-state index is -3.13. The molecule has 27 heavy (non-hydrogen) atoms. The van der Waals surface area contributed by atoms with Gasteiger partial charge in [-0.2, -0.15) is 0 Å². The summed E-state index contributed by atoms with van der Waals surface area (Å²) < 4.78 is 51.0. The zero-order chi connectivity index (χ0) is 19.6. The van der Waals surface area contributed by atoms with Gasteiger partial charge < -0.3 is 10.2 Å². The number of para-hydroxylation sites is 1. The van der Waals surface area contributed by atoms with E-state index in [0.717, 1.165) is 12.1 Å². The molecule has 2 heterocycles. The first-order valence-electron chi connectivity index (χ1n) is 8.49. The first-order chi connectivity index (χ1) is 12.8. The van der Waals surface area contributed by atoms with E-state index < -0.39 is 33.4 Å². The van der Waals surface area contributed by atoms with Crippen LogP contribution in [0.2, 0.25) is 0 Å². The molecule has 2 aromatic rings. The maximum absolute atomic E-state index is 13.8. The lowest BCUT2D eigenvalue weighted by Gasteiger charge is -2.26. The average molecular weight is 395 g/mol. The molecular formula is C18H19F2N3O3S. The summed E-state index contributed by atoms with van der Waals surface area (Å²) in [5.41, 5.74) is 0.0478. The lowest BCUT2D eigenvalue weighted by molar-refractivity contribution is 0.0702. The Kier molecular flexibility index (Phi) is 5.41. The molecule has 1 aromatic carbocycles. The van der Waals surface area contributed by atoms with Gasteiger partial charge in [0.2, 0.25) is 0 Å². The Morgan fingerprint density at radius 2 is 2.00 bits per heavy atom. The molecule has 0 saturated carbocycles. The number of carbonyl (C=O) groups is 1. The van der Waals surface area contributed by atoms with Crippen molar-refractivity contribution >= 4 is 27.1 Å². The predicted molar refractivity (Wildman–Crippen MR) is 97.6 cm³/mol. The Bertz CT molecular complexity index is 946. The van der Waals surface area contributed by atoms with Gasteiger partial charge in [-0.1, -0.05) is 6.07 Å². The van der Waals surface area contributed by atoms with Gasteiger partial charge in [0.25, 0.3) is 5.91 Å². The lowest BCUT2D eigenvalue weighted by atomic mass is 10.2. The summed E-state index contributed by atoms with van der Waals surface area (Å²) >= 11 is 0. The second-order valence-corrected chi connectivity index (χ2v) is 8.53. The van der Waals surface area contributed by atoms with E-state index in [1.807, 2.05) is 0 Å². The lowest BCUT2D eigenvalue weighted by Crippen LogP contribution is -2.41. The number of halogens is 2. The van der Waals surface area contributed by atoms with Gasteiger partial charge in [0.05, 0.1) is 11.5 Å². The molecular weight excluding hydrogens is 376 g/mol. The van der Waals surface area contributed by atoms with Crippen LogP contribution in [0.4, 0.5) is 20.2 Å². The van der Waals surface area contributed by atoms with Crippen LogP contribution < -0.4 is 5.32 Å². The SMILES string of the molecule is CCN(C(=O)c1cc(Nc2c(F)cccc2F)ccn1)C1CCS(=O)(=O)C1. The van der Waals surface area contributed by atoms with Gasteiger partial charge >= 0.3 is 0 Å². The smallest absolute Gasteiger partial charge is 0.272 e. The summed E-state index contributed by atoms with van der Waals surface area (Å²) in [6, 6.07) is 5.98. The van der Waals surface area contributed by atoms with Crippen LogP contribution >= 0.6 is 0 Å². The number of rotatable bonds is 5. The minimum Gasteiger partial charge on any atom is -0.351 e. The van der Waals surface area contributed by atoms with Gasteiger partial charge in [-0.3, -0.25) is 9.78 Å². The van der Waals surface area contributed by atoms with Crippen LogP contribution in [0.5, 0.6) is 0 Å². The van der Waals surface area contributed by atoms with E-state index in [1.165, 1.54) is 29.3 Å². The van der Waals surface area contributed by atoms with Crippen LogP contribution in [0, 0.1) is 11.6 Å². The van der Waals surface area contributed by atoms with E-state index in [-0.39, 0.29) is 22.9 Å². The molecule has 1 aliphatic rings. The van der Waals surface area contributed by atoms with Crippen molar-refractivity contribution in [1.82, 2.24) is 9.88 Å². The topological polar surface area (TPSA) is 79.4 Å². The molecule has 0 aliphatic carbocycles. The minimum absolute atomic E-state index is 0.0586. The molecule has 6 nitrogen and oxygen atoms in total. The van der Waals surface area contributed by atoms with E-state index in [9.17, 15) is 22.0 Å². The molecule has 1 saturated heterocycles. The van der Waals surface area contributed by atoms with E-state index in [2.05, 4.69) is 10.3 Å². The highest BCUT2D eigenvalue weighted by molar-refractivity contribution is 7.91. The maximum atomic E-state index is 13.8. The molecule has 144 valence electrons. The summed E-state index contributed by atoms with van der Waals surface area (Å²) in [5, 5.41) is 2.62. The van der Waals surface area contributed by atoms with Gasteiger partial charge in [0.15, 0.2) is 9.84 Å². The molecule has 1 amide bonds. The Balaban J connectivity index is 1.83. The van der Waals surface area contributed by atoms with Crippen LogP contribution in [-0.2, 0) is 9.84 Å². The maximum Gasteiger partial charge on any atom is 0.272 e. The first-order valence-corrected chi connectivity index (χ1v) is 10.3. The fraction of sp³-hybridized carbons (Fsp3) is 0.333. The normalized spacial score (nSPS) is 18.3. The van der Waals surface area contributed by atoms with Crippen molar-refractivity contribution in [2.75, 3.05) is 23.4 Å². The van der Waals surface area contributed by atoms with E-state index in [0.29, 0.717) is 18.7 Å². The van der Waals surface area contributed by atoms with Gasteiger partial charge in [0, 0.05) is 24.5 Å². The highest BCUT2D eigenvalue weighted by Gasteiger charge is 2.34. The first kappa shape index (κ1) is 19.2. The summed E-state index contributed by atoms with van der Waals surface area (Å²) in [5.74, 6) is -1.94. The zero-order valence-electron chi connectivity index (χ0n) is 14.7. The predicted octanol–water partition coefficient (Wildman–Crippen LogP) is 2.75. The molecule has 1 N–H and O–H groups in total. The molecule has 1 unspecified atom stereocenters. The summed E-state index contributed by atoms with van der Waals surface area (Å²) in [6.07, 6.45) is 1.74. The molecule has 1 atom stereocenters.